The van der Waals surface area contributed by atoms with Gasteiger partial charge in [0, 0.05) is 80.9 Å². The van der Waals surface area contributed by atoms with E-state index in [1.54, 1.807) is 64.4 Å². The van der Waals surface area contributed by atoms with Gasteiger partial charge in [-0.15, -0.1) is 13.2 Å². The van der Waals surface area contributed by atoms with E-state index in [9.17, 15) is 18.0 Å². The summed E-state index contributed by atoms with van der Waals surface area (Å²) in [7, 11) is 12.2. The number of alkyl halides is 3. The van der Waals surface area contributed by atoms with Crippen molar-refractivity contribution in [2.45, 2.75) is 26.4 Å². The number of nitrogen functional groups attached to an aromatic ring is 5. The molecule has 32 nitrogen and oxygen atoms in total. The molecule has 0 bridgehead atoms. The first-order valence-electron chi connectivity index (χ1n) is 33.7. The normalized spacial score (nSPS) is 11.1. The van der Waals surface area contributed by atoms with Crippen molar-refractivity contribution in [3.8, 4) is 79.3 Å². The first-order chi connectivity index (χ1) is 53.5. The van der Waals surface area contributed by atoms with Gasteiger partial charge in [-0.25, -0.2) is 73.2 Å². The number of rotatable bonds is 14. The van der Waals surface area contributed by atoms with Gasteiger partial charge in [-0.1, -0.05) is 84.9 Å². The van der Waals surface area contributed by atoms with Crippen LogP contribution in [-0.4, -0.2) is 135 Å². The molecule has 35 heteroatoms. The summed E-state index contributed by atoms with van der Waals surface area (Å²) in [5.41, 5.74) is 43.7. The smallest absolute Gasteiger partial charge is 0.497 e. The van der Waals surface area contributed by atoms with Gasteiger partial charge in [0.1, 0.15) is 119 Å². The van der Waals surface area contributed by atoms with Crippen molar-refractivity contribution in [2.24, 2.45) is 35.2 Å². The van der Waals surface area contributed by atoms with E-state index < -0.39 is 6.36 Å². The lowest BCUT2D eigenvalue weighted by atomic mass is 10.1. The molecule has 0 radical (unpaired) electrons. The van der Waals surface area contributed by atoms with Crippen LogP contribution in [0.3, 0.4) is 0 Å². The van der Waals surface area contributed by atoms with Gasteiger partial charge >= 0.3 is 6.36 Å². The number of nitrogens with zero attached hydrogens (tertiary/aromatic N) is 22. The number of ether oxygens (including phenoxy) is 4. The van der Waals surface area contributed by atoms with E-state index in [1.807, 2.05) is 136 Å². The third-order valence-corrected chi connectivity index (χ3v) is 17.3. The Morgan fingerprint density at radius 1 is 0.396 bits per heavy atom. The Hall–Kier alpha value is -15.1. The SMILES string of the molecule is CC(=O)c1ccc(-c2nn(C)c3ncnc(N)c23)cc1.COc1cc(OC)cc(-c2nn(C)c3ncnc(N)c23)c1.Cn1nc(-c2ccc(OC(F)(F)F)cc2)c2c(N)ncnc21.Cn1nc(-c2ccc(OCc3ccccc3)cc2)c2c(N)ncnc21.Cn1nc(-c2cnn(Cc3ccccc3)c2)c2c(N)ncnc21. The minimum atomic E-state index is -4.72. The van der Waals surface area contributed by atoms with Crippen LogP contribution in [0.5, 0.6) is 23.0 Å². The molecule has 17 rings (SSSR count). The molecule has 0 aliphatic heterocycles. The highest BCUT2D eigenvalue weighted by atomic mass is 19.4. The van der Waals surface area contributed by atoms with E-state index in [0.29, 0.717) is 104 Å². The number of carbonyl (C=O) groups excluding carboxylic acids is 1. The average Bonchev–Trinajstić information content (AvgIpc) is 1.66. The number of hydrogen-bond donors (Lipinski definition) is 5. The van der Waals surface area contributed by atoms with Gasteiger partial charge in [0.25, 0.3) is 0 Å². The predicted molar refractivity (Wildman–Crippen MR) is 413 cm³/mol. The van der Waals surface area contributed by atoms with Crippen LogP contribution in [0.1, 0.15) is 28.4 Å². The first-order valence-corrected chi connectivity index (χ1v) is 33.7. The summed E-state index contributed by atoms with van der Waals surface area (Å²) in [5.74, 6) is 3.79. The lowest BCUT2D eigenvalue weighted by Crippen LogP contribution is -2.16. The number of benzene rings is 6. The minimum Gasteiger partial charge on any atom is -0.497 e. The highest BCUT2D eigenvalue weighted by Gasteiger charge is 2.31. The lowest BCUT2D eigenvalue weighted by Gasteiger charge is -2.08. The number of anilines is 5. The van der Waals surface area contributed by atoms with Crippen LogP contribution < -0.4 is 47.6 Å². The fourth-order valence-electron chi connectivity index (χ4n) is 12.0. The van der Waals surface area contributed by atoms with Crippen LogP contribution in [0.2, 0.25) is 0 Å². The third-order valence-electron chi connectivity index (χ3n) is 17.3. The Morgan fingerprint density at radius 2 is 0.730 bits per heavy atom. The Morgan fingerprint density at radius 3 is 1.08 bits per heavy atom. The third kappa shape index (κ3) is 16.4. The van der Waals surface area contributed by atoms with Crippen molar-refractivity contribution in [1.29, 1.82) is 0 Å². The fourth-order valence-corrected chi connectivity index (χ4v) is 12.0. The van der Waals surface area contributed by atoms with E-state index in [1.165, 1.54) is 73.1 Å². The van der Waals surface area contributed by atoms with E-state index in [0.717, 1.165) is 72.2 Å². The minimum absolute atomic E-state index is 0.0327. The van der Waals surface area contributed by atoms with Crippen molar-refractivity contribution in [3.63, 3.8) is 0 Å². The zero-order chi connectivity index (χ0) is 78.2. The van der Waals surface area contributed by atoms with Crippen LogP contribution in [0.25, 0.3) is 111 Å². The van der Waals surface area contributed by atoms with Crippen LogP contribution in [0.4, 0.5) is 42.3 Å². The molecule has 11 heterocycles. The number of hydrogen-bond acceptors (Lipinski definition) is 26. The average molecular weight is 1500 g/mol. The molecular weight excluding hydrogens is 1430 g/mol. The van der Waals surface area contributed by atoms with E-state index in [-0.39, 0.29) is 17.4 Å². The van der Waals surface area contributed by atoms with E-state index in [2.05, 4.69) is 97.3 Å². The summed E-state index contributed by atoms with van der Waals surface area (Å²) in [6.07, 6.45) is 6.09. The molecule has 0 spiro atoms. The van der Waals surface area contributed by atoms with E-state index in [4.69, 9.17) is 42.9 Å². The number of ketones is 1. The van der Waals surface area contributed by atoms with Crippen LogP contribution in [0.15, 0.2) is 196 Å². The zero-order valence-electron chi connectivity index (χ0n) is 60.8. The van der Waals surface area contributed by atoms with Crippen molar-refractivity contribution in [1.82, 2.24) is 109 Å². The van der Waals surface area contributed by atoms with Gasteiger partial charge in [0.15, 0.2) is 34.0 Å². The molecule has 0 saturated carbocycles. The Labute approximate surface area is 629 Å². The molecule has 6 aromatic carbocycles. The second-order valence-corrected chi connectivity index (χ2v) is 24.7. The highest BCUT2D eigenvalue weighted by Crippen LogP contribution is 2.38. The number of methoxy groups -OCH3 is 2. The van der Waals surface area contributed by atoms with Gasteiger partial charge in [0.05, 0.1) is 53.9 Å². The van der Waals surface area contributed by atoms with Crippen LogP contribution >= 0.6 is 0 Å². The number of halogens is 3. The molecule has 17 aromatic rings. The molecule has 111 heavy (non-hydrogen) atoms. The summed E-state index contributed by atoms with van der Waals surface area (Å²) in [6, 6.07) is 46.2. The fraction of sp³-hybridized carbons (Fsp3) is 0.145. The maximum Gasteiger partial charge on any atom is 0.573 e. The number of aryl methyl sites for hydroxylation is 5. The van der Waals surface area contributed by atoms with Gasteiger partial charge in [-0.2, -0.15) is 30.6 Å². The van der Waals surface area contributed by atoms with Gasteiger partial charge in [-0.3, -0.25) is 9.48 Å². The van der Waals surface area contributed by atoms with Crippen molar-refractivity contribution < 1.29 is 36.9 Å². The maximum atomic E-state index is 12.2. The second-order valence-electron chi connectivity index (χ2n) is 24.7. The summed E-state index contributed by atoms with van der Waals surface area (Å²) in [5, 5.41) is 30.2. The molecule has 10 N–H and O–H groups in total. The molecule has 560 valence electrons. The lowest BCUT2D eigenvalue weighted by molar-refractivity contribution is -0.274. The number of aromatic nitrogens is 22. The number of Topliss-reactive ketones (excluding diaryl/α,β-unsaturated/α-hetero) is 1. The Bertz CT molecular complexity index is 6140. The number of carbonyl (C=O) groups is 1. The molecule has 0 saturated heterocycles. The van der Waals surface area contributed by atoms with Gasteiger partial charge in [-0.05, 0) is 78.7 Å². The predicted octanol–water partition coefficient (Wildman–Crippen LogP) is 11.0. The quantitative estimate of drug-likeness (QED) is 0.0631. The van der Waals surface area contributed by atoms with E-state index >= 15 is 0 Å². The van der Waals surface area contributed by atoms with Crippen molar-refractivity contribution in [3.05, 3.63) is 212 Å². The molecule has 0 amide bonds. The Balaban J connectivity index is 0.000000122. The van der Waals surface area contributed by atoms with Gasteiger partial charge < -0.3 is 47.6 Å². The highest BCUT2D eigenvalue weighted by molar-refractivity contribution is 6.02. The molecule has 0 unspecified atom stereocenters. The Kier molecular flexibility index (Phi) is 21.4. The zero-order valence-corrected chi connectivity index (χ0v) is 60.8. The topological polar surface area (TPSA) is 420 Å². The van der Waals surface area contributed by atoms with Crippen molar-refractivity contribution >= 4 is 90.0 Å². The van der Waals surface area contributed by atoms with Crippen LogP contribution in [-0.2, 0) is 48.4 Å². The number of fused-ring (bicyclic) bond motifs is 5. The largest absolute Gasteiger partial charge is 0.573 e. The summed E-state index contributed by atoms with van der Waals surface area (Å²) >= 11 is 0. The summed E-state index contributed by atoms with van der Waals surface area (Å²) in [6.45, 7) is 2.78. The molecule has 11 aromatic heterocycles. The van der Waals surface area contributed by atoms with Gasteiger partial charge in [0.2, 0.25) is 0 Å². The molecule has 0 aliphatic carbocycles. The first kappa shape index (κ1) is 74.2. The molecule has 0 aliphatic rings. The number of nitrogens with two attached hydrogens (primary N) is 5. The van der Waals surface area contributed by atoms with Crippen molar-refractivity contribution in [2.75, 3.05) is 42.9 Å². The summed E-state index contributed by atoms with van der Waals surface area (Å²) < 4.78 is 66.9. The molecule has 0 fully saturated rings. The molecular formula is C76H70F3N27O5. The second kappa shape index (κ2) is 31.9. The van der Waals surface area contributed by atoms with Crippen LogP contribution in [0, 0.1) is 0 Å². The monoisotopic (exact) mass is 1500 g/mol. The summed E-state index contributed by atoms with van der Waals surface area (Å²) in [4.78, 5) is 52.4. The maximum absolute atomic E-state index is 12.2. The molecule has 0 atom stereocenters. The standard InChI is InChI=1S/C19H17N5O.C16H15N7.C14H15N5O2.C14H13N5O.C13H10F3N5O/c1-24-19-16(18(20)21-12-22-19)17(23-24)14-7-9-15(10-8-14)25-11-13-5-3-2-4-6-13;1-22-16-13(15(17)18-10-19-16)14(21-22)12-7-20-23(9-12)8-11-5-3-2-4-6-11;1-19-14-11(13(15)16-7-17-14)12(18-19)8-4-9(20-2)6-10(5-8)21-3;1-8(20)9-3-5-10(6-4-9)12-11-13(15)16-7-17-14(11)19(2)18-12;1-21-12-9(11(17)18-6-19-12)10(20-21)7-2-4-8(5-3-7)22-13(14,15)16/h2-10,12H,11H2,1H3,(H2,20,21,22);2-7,9-10H,8H2,1H3,(H2,17,18,19);4-7H,1-3H3,(H2,15,16,17);3-7H,1-2H3,(H2,15,16,17);2-6H,1H3,(H2,17,18,19).